The van der Waals surface area contributed by atoms with Crippen molar-refractivity contribution in [1.29, 1.82) is 5.26 Å². The average molecular weight is 346 g/mol. The van der Waals surface area contributed by atoms with E-state index < -0.39 is 0 Å². The van der Waals surface area contributed by atoms with E-state index in [2.05, 4.69) is 16.0 Å². The number of anilines is 1. The van der Waals surface area contributed by atoms with Gasteiger partial charge in [0.25, 0.3) is 0 Å². The van der Waals surface area contributed by atoms with Gasteiger partial charge in [-0.15, -0.1) is 0 Å². The molecule has 0 saturated carbocycles. The molecule has 7 heteroatoms. The average Bonchev–Trinajstić information content (AvgIpc) is 2.53. The Balaban J connectivity index is 2.05. The van der Waals surface area contributed by atoms with Crippen LogP contribution in [-0.4, -0.2) is 67.9 Å². The molecule has 1 amide bonds. The van der Waals surface area contributed by atoms with Crippen molar-refractivity contribution in [3.8, 4) is 6.07 Å². The minimum atomic E-state index is -0.378. The standard InChI is InChI=1S/C18H26N4O3/c1-13-6-7-16(20-15(13)8-19)22-9-14(25-18(2,3)12-22)10-24-11-17(23)21(4)5/h6-7,14H,9-12H2,1-5H3/t14-/m0/s1. The molecule has 1 fully saturated rings. The molecule has 1 saturated heterocycles. The van der Waals surface area contributed by atoms with Crippen LogP contribution >= 0.6 is 0 Å². The molecular formula is C18H26N4O3. The zero-order valence-electron chi connectivity index (χ0n) is 15.6. The number of aromatic nitrogens is 1. The largest absolute Gasteiger partial charge is 0.369 e. The van der Waals surface area contributed by atoms with E-state index in [1.165, 1.54) is 4.90 Å². The first-order valence-corrected chi connectivity index (χ1v) is 8.30. The zero-order chi connectivity index (χ0) is 18.6. The van der Waals surface area contributed by atoms with Gasteiger partial charge in [-0.2, -0.15) is 5.26 Å². The Bertz CT molecular complexity index is 667. The van der Waals surface area contributed by atoms with Gasteiger partial charge in [0, 0.05) is 27.2 Å². The minimum Gasteiger partial charge on any atom is -0.369 e. The third-order valence-corrected chi connectivity index (χ3v) is 4.02. The van der Waals surface area contributed by atoms with Gasteiger partial charge in [0.15, 0.2) is 0 Å². The normalized spacial score (nSPS) is 19.4. The van der Waals surface area contributed by atoms with Gasteiger partial charge >= 0.3 is 0 Å². The van der Waals surface area contributed by atoms with Crippen molar-refractivity contribution in [3.63, 3.8) is 0 Å². The van der Waals surface area contributed by atoms with Gasteiger partial charge in [-0.3, -0.25) is 4.79 Å². The fourth-order valence-corrected chi connectivity index (χ4v) is 2.77. The Morgan fingerprint density at radius 1 is 1.52 bits per heavy atom. The van der Waals surface area contributed by atoms with Crippen LogP contribution in [0.2, 0.25) is 0 Å². The second-order valence-electron chi connectivity index (χ2n) is 7.13. The van der Waals surface area contributed by atoms with Crippen LogP contribution in [0.3, 0.4) is 0 Å². The first-order chi connectivity index (χ1) is 11.7. The van der Waals surface area contributed by atoms with Crippen molar-refractivity contribution in [2.75, 3.05) is 45.3 Å². The monoisotopic (exact) mass is 346 g/mol. The Morgan fingerprint density at radius 3 is 2.88 bits per heavy atom. The van der Waals surface area contributed by atoms with E-state index in [0.717, 1.165) is 11.4 Å². The molecule has 1 aliphatic rings. The van der Waals surface area contributed by atoms with Crippen molar-refractivity contribution < 1.29 is 14.3 Å². The molecule has 0 unspecified atom stereocenters. The number of likely N-dealkylation sites (N-methyl/N-ethyl adjacent to an activating group) is 1. The third kappa shape index (κ3) is 5.15. The van der Waals surface area contributed by atoms with Crippen LogP contribution < -0.4 is 4.90 Å². The number of aryl methyl sites for hydroxylation is 1. The van der Waals surface area contributed by atoms with Crippen molar-refractivity contribution in [2.24, 2.45) is 0 Å². The molecule has 2 rings (SSSR count). The number of carbonyl (C=O) groups is 1. The quantitative estimate of drug-likeness (QED) is 0.801. The summed E-state index contributed by atoms with van der Waals surface area (Å²) in [4.78, 5) is 19.7. The summed E-state index contributed by atoms with van der Waals surface area (Å²) in [6, 6.07) is 5.96. The van der Waals surface area contributed by atoms with Gasteiger partial charge in [0.1, 0.15) is 24.2 Å². The molecule has 7 nitrogen and oxygen atoms in total. The lowest BCUT2D eigenvalue weighted by Crippen LogP contribution is -2.54. The van der Waals surface area contributed by atoms with E-state index in [4.69, 9.17) is 9.47 Å². The van der Waals surface area contributed by atoms with Gasteiger partial charge in [0.05, 0.1) is 18.3 Å². The first-order valence-electron chi connectivity index (χ1n) is 8.30. The molecule has 0 N–H and O–H groups in total. The van der Waals surface area contributed by atoms with Crippen LogP contribution in [0, 0.1) is 18.3 Å². The number of hydrogen-bond donors (Lipinski definition) is 0. The molecule has 1 atom stereocenters. The summed E-state index contributed by atoms with van der Waals surface area (Å²) in [6.45, 7) is 7.52. The lowest BCUT2D eigenvalue weighted by Gasteiger charge is -2.43. The van der Waals surface area contributed by atoms with E-state index in [9.17, 15) is 10.1 Å². The minimum absolute atomic E-state index is 0.0364. The van der Waals surface area contributed by atoms with Crippen LogP contribution in [0.15, 0.2) is 12.1 Å². The maximum Gasteiger partial charge on any atom is 0.248 e. The molecule has 25 heavy (non-hydrogen) atoms. The first kappa shape index (κ1) is 19.2. The number of morpholine rings is 1. The summed E-state index contributed by atoms with van der Waals surface area (Å²) < 4.78 is 11.6. The van der Waals surface area contributed by atoms with E-state index in [-0.39, 0.29) is 24.2 Å². The highest BCUT2D eigenvalue weighted by molar-refractivity contribution is 5.76. The molecule has 0 spiro atoms. The molecular weight excluding hydrogens is 320 g/mol. The van der Waals surface area contributed by atoms with Crippen molar-refractivity contribution in [3.05, 3.63) is 23.4 Å². The number of amides is 1. The molecule has 1 aromatic rings. The molecule has 0 radical (unpaired) electrons. The summed E-state index contributed by atoms with van der Waals surface area (Å²) in [6.07, 6.45) is -0.174. The number of ether oxygens (including phenoxy) is 2. The van der Waals surface area contributed by atoms with Gasteiger partial charge in [-0.1, -0.05) is 6.07 Å². The molecule has 2 heterocycles. The Hall–Kier alpha value is -2.17. The van der Waals surface area contributed by atoms with Gasteiger partial charge in [-0.25, -0.2) is 4.98 Å². The van der Waals surface area contributed by atoms with Crippen LogP contribution in [0.25, 0.3) is 0 Å². The summed E-state index contributed by atoms with van der Waals surface area (Å²) in [5.74, 6) is 0.679. The highest BCUT2D eigenvalue weighted by Crippen LogP contribution is 2.25. The highest BCUT2D eigenvalue weighted by atomic mass is 16.5. The fraction of sp³-hybridized carbons (Fsp3) is 0.611. The van der Waals surface area contributed by atoms with E-state index in [0.29, 0.717) is 25.4 Å². The van der Waals surface area contributed by atoms with Gasteiger partial charge in [0.2, 0.25) is 5.91 Å². The van der Waals surface area contributed by atoms with Crippen molar-refractivity contribution in [1.82, 2.24) is 9.88 Å². The molecule has 1 aliphatic heterocycles. The number of hydrogen-bond acceptors (Lipinski definition) is 6. The number of nitriles is 1. The lowest BCUT2D eigenvalue weighted by atomic mass is 10.1. The predicted molar refractivity (Wildman–Crippen MR) is 94.4 cm³/mol. The molecule has 0 aromatic carbocycles. The summed E-state index contributed by atoms with van der Waals surface area (Å²) in [5, 5.41) is 9.20. The van der Waals surface area contributed by atoms with E-state index >= 15 is 0 Å². The topological polar surface area (TPSA) is 78.7 Å². The molecule has 0 aliphatic carbocycles. The van der Waals surface area contributed by atoms with E-state index in [1.807, 2.05) is 32.9 Å². The maximum absolute atomic E-state index is 11.6. The fourth-order valence-electron chi connectivity index (χ4n) is 2.77. The Morgan fingerprint density at radius 2 is 2.24 bits per heavy atom. The number of carbonyl (C=O) groups excluding carboxylic acids is 1. The smallest absolute Gasteiger partial charge is 0.248 e. The Labute approximate surface area is 149 Å². The lowest BCUT2D eigenvalue weighted by molar-refractivity contribution is -0.139. The van der Waals surface area contributed by atoms with Crippen LogP contribution in [0.4, 0.5) is 5.82 Å². The summed E-state index contributed by atoms with van der Waals surface area (Å²) >= 11 is 0. The predicted octanol–water partition coefficient (Wildman–Crippen LogP) is 1.35. The third-order valence-electron chi connectivity index (χ3n) is 4.02. The molecule has 136 valence electrons. The highest BCUT2D eigenvalue weighted by Gasteiger charge is 2.34. The van der Waals surface area contributed by atoms with Crippen molar-refractivity contribution in [2.45, 2.75) is 32.5 Å². The van der Waals surface area contributed by atoms with Crippen LogP contribution in [-0.2, 0) is 14.3 Å². The summed E-state index contributed by atoms with van der Waals surface area (Å²) in [7, 11) is 3.40. The number of rotatable bonds is 5. The Kier molecular flexibility index (Phi) is 5.98. The second-order valence-corrected chi connectivity index (χ2v) is 7.13. The summed E-state index contributed by atoms with van der Waals surface area (Å²) in [5.41, 5.74) is 0.920. The number of pyridine rings is 1. The maximum atomic E-state index is 11.6. The second kappa shape index (κ2) is 7.81. The van der Waals surface area contributed by atoms with Crippen LogP contribution in [0.1, 0.15) is 25.1 Å². The molecule has 1 aromatic heterocycles. The van der Waals surface area contributed by atoms with Crippen molar-refractivity contribution >= 4 is 11.7 Å². The van der Waals surface area contributed by atoms with Gasteiger partial charge in [-0.05, 0) is 32.4 Å². The van der Waals surface area contributed by atoms with E-state index in [1.54, 1.807) is 14.1 Å². The molecule has 0 bridgehead atoms. The van der Waals surface area contributed by atoms with Crippen LogP contribution in [0.5, 0.6) is 0 Å². The number of nitrogens with zero attached hydrogens (tertiary/aromatic N) is 4. The SMILES string of the molecule is Cc1ccc(N2C[C@@H](COCC(=O)N(C)C)OC(C)(C)C2)nc1C#N. The van der Waals surface area contributed by atoms with Gasteiger partial charge < -0.3 is 19.3 Å². The zero-order valence-corrected chi connectivity index (χ0v) is 15.6.